The van der Waals surface area contributed by atoms with Crippen LogP contribution in [-0.2, 0) is 17.2 Å². The second-order valence-corrected chi connectivity index (χ2v) is 6.44. The highest BCUT2D eigenvalue weighted by Gasteiger charge is 2.06. The van der Waals surface area contributed by atoms with Crippen LogP contribution in [0.5, 0.6) is 0 Å². The van der Waals surface area contributed by atoms with Gasteiger partial charge in [0.15, 0.2) is 0 Å². The molecule has 0 saturated carbocycles. The van der Waals surface area contributed by atoms with Gasteiger partial charge in [-0.05, 0) is 48.7 Å². The molecule has 0 amide bonds. The Morgan fingerprint density at radius 2 is 1.71 bits per heavy atom. The zero-order chi connectivity index (χ0) is 15.2. The fraction of sp³-hybridized carbons (Fsp3) is 0.294. The molecule has 0 fully saturated rings. The van der Waals surface area contributed by atoms with Gasteiger partial charge in [0.25, 0.3) is 0 Å². The summed E-state index contributed by atoms with van der Waals surface area (Å²) in [6, 6.07) is 16.1. The maximum absolute atomic E-state index is 11.4. The predicted octanol–water partition coefficient (Wildman–Crippen LogP) is 3.13. The van der Waals surface area contributed by atoms with E-state index in [1.165, 1.54) is 0 Å². The molecule has 0 aliphatic heterocycles. The SMILES string of the molecule is CC(Nc1ccc(CCO)cc1)c1ccc(S(C)=O)cc1. The molecular weight excluding hydrogens is 282 g/mol. The lowest BCUT2D eigenvalue weighted by molar-refractivity contribution is 0.299. The molecule has 2 atom stereocenters. The van der Waals surface area contributed by atoms with Crippen LogP contribution in [0, 0.1) is 0 Å². The fourth-order valence-electron chi connectivity index (χ4n) is 2.18. The van der Waals surface area contributed by atoms with Gasteiger partial charge in [-0.2, -0.15) is 0 Å². The first-order valence-electron chi connectivity index (χ1n) is 7.00. The van der Waals surface area contributed by atoms with Gasteiger partial charge in [0.2, 0.25) is 0 Å². The van der Waals surface area contributed by atoms with E-state index in [1.54, 1.807) is 6.26 Å². The van der Waals surface area contributed by atoms with Crippen LogP contribution in [0.3, 0.4) is 0 Å². The number of rotatable bonds is 6. The van der Waals surface area contributed by atoms with Gasteiger partial charge < -0.3 is 10.4 Å². The van der Waals surface area contributed by atoms with E-state index in [1.807, 2.05) is 48.5 Å². The van der Waals surface area contributed by atoms with E-state index in [4.69, 9.17) is 5.11 Å². The summed E-state index contributed by atoms with van der Waals surface area (Å²) in [5.74, 6) is 0. The lowest BCUT2D eigenvalue weighted by atomic mass is 10.1. The zero-order valence-electron chi connectivity index (χ0n) is 12.4. The normalized spacial score (nSPS) is 13.7. The van der Waals surface area contributed by atoms with Crippen molar-refractivity contribution >= 4 is 16.5 Å². The Bertz CT molecular complexity index is 593. The molecule has 2 N–H and O–H groups in total. The van der Waals surface area contributed by atoms with Gasteiger partial charge in [-0.25, -0.2) is 0 Å². The molecule has 112 valence electrons. The third kappa shape index (κ3) is 4.41. The molecule has 2 aromatic carbocycles. The number of hydrogen-bond acceptors (Lipinski definition) is 3. The summed E-state index contributed by atoms with van der Waals surface area (Å²) in [6.07, 6.45) is 2.37. The molecule has 0 bridgehead atoms. The minimum Gasteiger partial charge on any atom is -0.396 e. The molecule has 4 heteroatoms. The van der Waals surface area contributed by atoms with Crippen molar-refractivity contribution in [2.24, 2.45) is 0 Å². The lowest BCUT2D eigenvalue weighted by Gasteiger charge is -2.16. The van der Waals surface area contributed by atoms with Crippen molar-refractivity contribution in [1.29, 1.82) is 0 Å². The molecule has 0 aliphatic carbocycles. The zero-order valence-corrected chi connectivity index (χ0v) is 13.2. The molecule has 0 heterocycles. The van der Waals surface area contributed by atoms with Gasteiger partial charge in [-0.3, -0.25) is 4.21 Å². The molecule has 0 radical (unpaired) electrons. The van der Waals surface area contributed by atoms with E-state index < -0.39 is 10.8 Å². The predicted molar refractivity (Wildman–Crippen MR) is 88.0 cm³/mol. The van der Waals surface area contributed by atoms with E-state index in [0.717, 1.165) is 21.7 Å². The minimum absolute atomic E-state index is 0.174. The number of benzene rings is 2. The van der Waals surface area contributed by atoms with E-state index >= 15 is 0 Å². The topological polar surface area (TPSA) is 49.3 Å². The molecule has 21 heavy (non-hydrogen) atoms. The van der Waals surface area contributed by atoms with Crippen molar-refractivity contribution in [2.75, 3.05) is 18.2 Å². The summed E-state index contributed by atoms with van der Waals surface area (Å²) in [5, 5.41) is 12.3. The molecule has 0 spiro atoms. The summed E-state index contributed by atoms with van der Waals surface area (Å²) in [7, 11) is -0.934. The van der Waals surface area contributed by atoms with Gasteiger partial charge in [-0.1, -0.05) is 24.3 Å². The molecular formula is C17H21NO2S. The van der Waals surface area contributed by atoms with E-state index in [0.29, 0.717) is 6.42 Å². The summed E-state index contributed by atoms with van der Waals surface area (Å²) in [6.45, 7) is 2.27. The molecule has 3 nitrogen and oxygen atoms in total. The van der Waals surface area contributed by atoms with Gasteiger partial charge in [0.1, 0.15) is 0 Å². The van der Waals surface area contributed by atoms with Crippen molar-refractivity contribution in [1.82, 2.24) is 0 Å². The molecule has 2 rings (SSSR count). The van der Waals surface area contributed by atoms with Gasteiger partial charge in [0.05, 0.1) is 0 Å². The number of nitrogens with one attached hydrogen (secondary N) is 1. The largest absolute Gasteiger partial charge is 0.396 e. The van der Waals surface area contributed by atoms with Gasteiger partial charge in [-0.15, -0.1) is 0 Å². The Morgan fingerprint density at radius 1 is 1.10 bits per heavy atom. The van der Waals surface area contributed by atoms with Crippen molar-refractivity contribution < 1.29 is 9.32 Å². The quantitative estimate of drug-likeness (QED) is 0.862. The Balaban J connectivity index is 2.03. The first kappa shape index (κ1) is 15.7. The Hall–Kier alpha value is -1.65. The van der Waals surface area contributed by atoms with E-state index in [-0.39, 0.29) is 12.6 Å². The fourth-order valence-corrected chi connectivity index (χ4v) is 2.70. The van der Waals surface area contributed by atoms with Crippen LogP contribution < -0.4 is 5.32 Å². The highest BCUT2D eigenvalue weighted by molar-refractivity contribution is 7.84. The summed E-state index contributed by atoms with van der Waals surface area (Å²) >= 11 is 0. The minimum atomic E-state index is -0.934. The van der Waals surface area contributed by atoms with Gasteiger partial charge >= 0.3 is 0 Å². The van der Waals surface area contributed by atoms with Crippen molar-refractivity contribution in [3.63, 3.8) is 0 Å². The van der Waals surface area contributed by atoms with Crippen molar-refractivity contribution in [3.8, 4) is 0 Å². The highest BCUT2D eigenvalue weighted by Crippen LogP contribution is 2.20. The van der Waals surface area contributed by atoms with E-state index in [2.05, 4.69) is 12.2 Å². The van der Waals surface area contributed by atoms with Crippen LogP contribution >= 0.6 is 0 Å². The monoisotopic (exact) mass is 303 g/mol. The van der Waals surface area contributed by atoms with E-state index in [9.17, 15) is 4.21 Å². The third-order valence-electron chi connectivity index (χ3n) is 3.45. The molecule has 0 aromatic heterocycles. The Kier molecular flexibility index (Phi) is 5.53. The van der Waals surface area contributed by atoms with Crippen LogP contribution in [-0.4, -0.2) is 22.2 Å². The van der Waals surface area contributed by atoms with Crippen molar-refractivity contribution in [3.05, 3.63) is 59.7 Å². The molecule has 0 aliphatic rings. The van der Waals surface area contributed by atoms with Crippen molar-refractivity contribution in [2.45, 2.75) is 24.3 Å². The first-order valence-corrected chi connectivity index (χ1v) is 8.55. The highest BCUT2D eigenvalue weighted by atomic mass is 32.2. The summed E-state index contributed by atoms with van der Waals surface area (Å²) in [4.78, 5) is 0.847. The number of aliphatic hydroxyl groups excluding tert-OH is 1. The number of hydrogen-bond donors (Lipinski definition) is 2. The molecule has 0 saturated heterocycles. The standard InChI is InChI=1S/C17H21NO2S/c1-13(15-5-9-17(10-6-15)21(2)20)18-16-7-3-14(4-8-16)11-12-19/h3-10,13,18-19H,11-12H2,1-2H3. The third-order valence-corrected chi connectivity index (χ3v) is 4.39. The second-order valence-electron chi connectivity index (χ2n) is 5.06. The molecule has 2 unspecified atom stereocenters. The summed E-state index contributed by atoms with van der Waals surface area (Å²) in [5.41, 5.74) is 3.33. The lowest BCUT2D eigenvalue weighted by Crippen LogP contribution is -2.06. The van der Waals surface area contributed by atoms with Gasteiger partial charge in [0, 0.05) is 40.3 Å². The first-order chi connectivity index (χ1) is 10.1. The van der Waals surface area contributed by atoms with Crippen LogP contribution in [0.15, 0.2) is 53.4 Å². The Morgan fingerprint density at radius 3 is 2.24 bits per heavy atom. The van der Waals surface area contributed by atoms with Crippen LogP contribution in [0.1, 0.15) is 24.1 Å². The average molecular weight is 303 g/mol. The smallest absolute Gasteiger partial charge is 0.0498 e. The Labute approximate surface area is 128 Å². The summed E-state index contributed by atoms with van der Waals surface area (Å²) < 4.78 is 11.4. The second kappa shape index (κ2) is 7.38. The van der Waals surface area contributed by atoms with Crippen LogP contribution in [0.2, 0.25) is 0 Å². The number of anilines is 1. The number of aliphatic hydroxyl groups is 1. The maximum atomic E-state index is 11.4. The van der Waals surface area contributed by atoms with Crippen LogP contribution in [0.25, 0.3) is 0 Å². The average Bonchev–Trinajstić information content (AvgIpc) is 2.49. The maximum Gasteiger partial charge on any atom is 0.0498 e. The molecule has 2 aromatic rings. The van der Waals surface area contributed by atoms with Crippen LogP contribution in [0.4, 0.5) is 5.69 Å².